The van der Waals surface area contributed by atoms with Crippen molar-refractivity contribution in [2.24, 2.45) is 16.7 Å². The molecule has 178 valence electrons. The second kappa shape index (κ2) is 7.40. The van der Waals surface area contributed by atoms with Crippen molar-refractivity contribution in [1.29, 1.82) is 0 Å². The van der Waals surface area contributed by atoms with E-state index in [0.717, 1.165) is 6.42 Å². The van der Waals surface area contributed by atoms with Crippen LogP contribution in [0.4, 0.5) is 0 Å². The lowest BCUT2D eigenvalue weighted by Crippen LogP contribution is -2.47. The Hall–Kier alpha value is -3.20. The molecule has 0 spiro atoms. The second-order valence-corrected chi connectivity index (χ2v) is 11.4. The van der Waals surface area contributed by atoms with Crippen LogP contribution in [0.2, 0.25) is 0 Å². The van der Waals surface area contributed by atoms with E-state index < -0.39 is 37.8 Å². The molecule has 9 heteroatoms. The van der Waals surface area contributed by atoms with Gasteiger partial charge < -0.3 is 4.74 Å². The number of ketones is 1. The van der Waals surface area contributed by atoms with Crippen LogP contribution in [0.3, 0.4) is 0 Å². The third kappa shape index (κ3) is 3.10. The lowest BCUT2D eigenvalue weighted by atomic mass is 9.70. The van der Waals surface area contributed by atoms with E-state index >= 15 is 0 Å². The van der Waals surface area contributed by atoms with Gasteiger partial charge in [-0.3, -0.25) is 18.7 Å². The average Bonchev–Trinajstić information content (AvgIpc) is 3.11. The van der Waals surface area contributed by atoms with E-state index in [1.807, 2.05) is 13.8 Å². The molecule has 8 nitrogen and oxygen atoms in total. The summed E-state index contributed by atoms with van der Waals surface area (Å²) in [5.74, 6) is -0.194. The average molecular weight is 484 g/mol. The fourth-order valence-electron chi connectivity index (χ4n) is 5.90. The quantitative estimate of drug-likeness (QED) is 0.549. The predicted molar refractivity (Wildman–Crippen MR) is 127 cm³/mol. The molecule has 2 atom stereocenters. The number of fused-ring (bicyclic) bond motifs is 5. The first-order valence-corrected chi connectivity index (χ1v) is 12.7. The highest BCUT2D eigenvalue weighted by Gasteiger charge is 2.65. The molecule has 2 aromatic carbocycles. The summed E-state index contributed by atoms with van der Waals surface area (Å²) in [6.45, 7) is 3.82. The third-order valence-electron chi connectivity index (χ3n) is 8.02. The van der Waals surface area contributed by atoms with E-state index in [1.165, 1.54) is 19.2 Å². The van der Waals surface area contributed by atoms with Crippen LogP contribution < -0.4 is 20.1 Å². The minimum atomic E-state index is -4.48. The number of carbonyl (C=O) groups is 1. The van der Waals surface area contributed by atoms with Crippen molar-refractivity contribution in [1.82, 2.24) is 4.73 Å². The number of ether oxygens (including phenoxy) is 1. The van der Waals surface area contributed by atoms with Gasteiger partial charge in [0.05, 0.1) is 23.3 Å². The van der Waals surface area contributed by atoms with E-state index in [9.17, 15) is 22.8 Å². The molecule has 2 fully saturated rings. The van der Waals surface area contributed by atoms with Crippen molar-refractivity contribution in [2.75, 3.05) is 12.9 Å². The summed E-state index contributed by atoms with van der Waals surface area (Å²) in [5, 5.41) is 1.14. The summed E-state index contributed by atoms with van der Waals surface area (Å²) >= 11 is 0. The zero-order chi connectivity index (χ0) is 24.5. The Bertz CT molecular complexity index is 1590. The van der Waals surface area contributed by atoms with Crippen LogP contribution in [0.25, 0.3) is 21.5 Å². The largest absolute Gasteiger partial charge is 0.497 e. The van der Waals surface area contributed by atoms with Crippen LogP contribution in [0, 0.1) is 16.7 Å². The highest BCUT2D eigenvalue weighted by atomic mass is 32.2. The number of Topliss-reactive ketones (excluding diaryl/α,β-unsaturated/α-hetero) is 1. The SMILES string of the molecule is COc1ccc2c(c1)c(=O)n(OS(=O)(=O)CC13CCC(CC1=O)C3(C)C)c(=O)c1ccccc12. The molecular formula is C25H25NO7S. The molecular weight excluding hydrogens is 458 g/mol. The molecule has 0 amide bonds. The van der Waals surface area contributed by atoms with Crippen LogP contribution >= 0.6 is 0 Å². The van der Waals surface area contributed by atoms with Gasteiger partial charge >= 0.3 is 10.1 Å². The minimum absolute atomic E-state index is 0.0733. The number of carbonyl (C=O) groups excluding carboxylic acids is 1. The molecule has 2 saturated carbocycles. The molecule has 1 aromatic heterocycles. The monoisotopic (exact) mass is 483 g/mol. The van der Waals surface area contributed by atoms with Crippen LogP contribution in [0.15, 0.2) is 52.1 Å². The maximum atomic E-state index is 13.4. The smallest absolute Gasteiger partial charge is 0.328 e. The Morgan fingerprint density at radius 2 is 1.62 bits per heavy atom. The zero-order valence-electron chi connectivity index (χ0n) is 19.2. The molecule has 2 unspecified atom stereocenters. The number of benzene rings is 2. The van der Waals surface area contributed by atoms with E-state index in [2.05, 4.69) is 0 Å². The van der Waals surface area contributed by atoms with Gasteiger partial charge in [0, 0.05) is 6.42 Å². The van der Waals surface area contributed by atoms with Gasteiger partial charge in [-0.15, -0.1) is 0 Å². The number of rotatable bonds is 5. The zero-order valence-corrected chi connectivity index (χ0v) is 20.0. The van der Waals surface area contributed by atoms with Crippen molar-refractivity contribution >= 4 is 37.4 Å². The van der Waals surface area contributed by atoms with Crippen LogP contribution in [-0.4, -0.2) is 31.8 Å². The van der Waals surface area contributed by atoms with E-state index in [-0.39, 0.29) is 22.5 Å². The van der Waals surface area contributed by atoms with Crippen molar-refractivity contribution in [2.45, 2.75) is 33.1 Å². The highest BCUT2D eigenvalue weighted by Crippen LogP contribution is 2.64. The lowest BCUT2D eigenvalue weighted by Gasteiger charge is -2.35. The Labute approximate surface area is 196 Å². The topological polar surface area (TPSA) is 109 Å². The standard InChI is InChI=1S/C25H25NO7S/c1-24(2)15-10-11-25(24,21(27)12-15)14-34(30,31)33-26-22(28)19-7-5-4-6-17(19)18-9-8-16(32-3)13-20(18)23(26)29/h4-9,13,15H,10-12,14H2,1-3H3. The second-order valence-electron chi connectivity index (χ2n) is 9.81. The van der Waals surface area contributed by atoms with Crippen molar-refractivity contribution in [3.05, 3.63) is 63.2 Å². The first-order chi connectivity index (χ1) is 16.0. The van der Waals surface area contributed by atoms with Crippen LogP contribution in [0.1, 0.15) is 33.1 Å². The fraction of sp³-hybridized carbons (Fsp3) is 0.400. The Balaban J connectivity index is 1.70. The molecule has 2 bridgehead atoms. The summed E-state index contributed by atoms with van der Waals surface area (Å²) in [7, 11) is -3.04. The molecule has 0 aliphatic heterocycles. The maximum absolute atomic E-state index is 13.4. The van der Waals surface area contributed by atoms with Crippen molar-refractivity contribution in [3.8, 4) is 5.75 Å². The molecule has 34 heavy (non-hydrogen) atoms. The van der Waals surface area contributed by atoms with E-state index in [4.69, 9.17) is 9.02 Å². The summed E-state index contributed by atoms with van der Waals surface area (Å²) in [4.78, 5) is 39.6. The highest BCUT2D eigenvalue weighted by molar-refractivity contribution is 7.86. The maximum Gasteiger partial charge on any atom is 0.328 e. The Morgan fingerprint density at radius 1 is 0.971 bits per heavy atom. The first kappa shape index (κ1) is 22.6. The summed E-state index contributed by atoms with van der Waals surface area (Å²) in [6.07, 6.45) is 1.54. The van der Waals surface area contributed by atoms with Gasteiger partial charge in [-0.25, -0.2) is 0 Å². The van der Waals surface area contributed by atoms with E-state index in [1.54, 1.807) is 30.3 Å². The molecule has 2 aliphatic rings. The molecule has 1 heterocycles. The van der Waals surface area contributed by atoms with Crippen LogP contribution in [-0.2, 0) is 14.9 Å². The Morgan fingerprint density at radius 3 is 2.24 bits per heavy atom. The van der Waals surface area contributed by atoms with Crippen LogP contribution in [0.5, 0.6) is 5.75 Å². The predicted octanol–water partition coefficient (Wildman–Crippen LogP) is 2.68. The fourth-order valence-corrected chi connectivity index (χ4v) is 7.59. The minimum Gasteiger partial charge on any atom is -0.497 e. The van der Waals surface area contributed by atoms with Crippen molar-refractivity contribution < 1.29 is 22.2 Å². The molecule has 0 saturated heterocycles. The van der Waals surface area contributed by atoms with E-state index in [0.29, 0.717) is 34.1 Å². The van der Waals surface area contributed by atoms with Gasteiger partial charge in [-0.2, -0.15) is 8.42 Å². The summed E-state index contributed by atoms with van der Waals surface area (Å²) in [6, 6.07) is 11.3. The van der Waals surface area contributed by atoms with Gasteiger partial charge in [0.25, 0.3) is 11.1 Å². The molecule has 3 aromatic rings. The molecule has 2 aliphatic carbocycles. The summed E-state index contributed by atoms with van der Waals surface area (Å²) < 4.78 is 37.3. The molecule has 0 N–H and O–H groups in total. The number of methoxy groups -OCH3 is 1. The molecule has 0 radical (unpaired) electrons. The van der Waals surface area contributed by atoms with Gasteiger partial charge in [0.2, 0.25) is 0 Å². The number of aromatic nitrogens is 1. The summed E-state index contributed by atoms with van der Waals surface area (Å²) in [5.41, 5.74) is -3.41. The van der Waals surface area contributed by atoms with Gasteiger partial charge in [-0.1, -0.05) is 36.8 Å². The Kier molecular flexibility index (Phi) is 4.91. The lowest BCUT2D eigenvalue weighted by molar-refractivity contribution is -0.128. The van der Waals surface area contributed by atoms with Crippen molar-refractivity contribution in [3.63, 3.8) is 0 Å². The number of nitrogens with zero attached hydrogens (tertiary/aromatic N) is 1. The number of hydrogen-bond acceptors (Lipinski definition) is 7. The normalized spacial score (nSPS) is 23.5. The number of hydrogen-bond donors (Lipinski definition) is 0. The van der Waals surface area contributed by atoms with Gasteiger partial charge in [-0.05, 0) is 59.2 Å². The van der Waals surface area contributed by atoms with Gasteiger partial charge in [0.1, 0.15) is 17.3 Å². The molecule has 5 rings (SSSR count). The van der Waals surface area contributed by atoms with Gasteiger partial charge in [0.15, 0.2) is 0 Å². The first-order valence-electron chi connectivity index (χ1n) is 11.1. The third-order valence-corrected chi connectivity index (χ3v) is 9.25.